The van der Waals surface area contributed by atoms with Gasteiger partial charge in [0, 0.05) is 24.1 Å². The van der Waals surface area contributed by atoms with Gasteiger partial charge in [0.15, 0.2) is 6.10 Å². The lowest BCUT2D eigenvalue weighted by Gasteiger charge is -2.11. The van der Waals surface area contributed by atoms with E-state index in [2.05, 4.69) is 0 Å². The number of nitrogens with one attached hydrogen (secondary N) is 1. The maximum atomic E-state index is 12.1. The van der Waals surface area contributed by atoms with E-state index in [1.807, 2.05) is 30.6 Å². The summed E-state index contributed by atoms with van der Waals surface area (Å²) in [4.78, 5) is 34.2. The van der Waals surface area contributed by atoms with Crippen molar-refractivity contribution in [1.82, 2.24) is 9.88 Å². The number of benzene rings is 1. The van der Waals surface area contributed by atoms with E-state index in [1.54, 1.807) is 16.8 Å². The predicted molar refractivity (Wildman–Crippen MR) is 75.5 cm³/mol. The Kier molecular flexibility index (Phi) is 3.93. The van der Waals surface area contributed by atoms with Gasteiger partial charge in [-0.3, -0.25) is 10.1 Å². The van der Waals surface area contributed by atoms with Gasteiger partial charge in [-0.15, -0.1) is 0 Å². The van der Waals surface area contributed by atoms with Crippen molar-refractivity contribution in [2.24, 2.45) is 12.8 Å². The van der Waals surface area contributed by atoms with Crippen molar-refractivity contribution in [3.63, 3.8) is 0 Å². The summed E-state index contributed by atoms with van der Waals surface area (Å²) in [6.45, 7) is 1.36. The Hall–Kier alpha value is -2.83. The maximum absolute atomic E-state index is 12.1. The van der Waals surface area contributed by atoms with Gasteiger partial charge in [-0.25, -0.2) is 9.59 Å². The van der Waals surface area contributed by atoms with Gasteiger partial charge in [0.25, 0.3) is 5.91 Å². The summed E-state index contributed by atoms with van der Waals surface area (Å²) < 4.78 is 6.84. The van der Waals surface area contributed by atoms with E-state index in [4.69, 9.17) is 10.5 Å². The Balaban J connectivity index is 2.19. The van der Waals surface area contributed by atoms with Crippen LogP contribution in [0.3, 0.4) is 0 Å². The van der Waals surface area contributed by atoms with Crippen LogP contribution < -0.4 is 11.1 Å². The maximum Gasteiger partial charge on any atom is 0.341 e. The summed E-state index contributed by atoms with van der Waals surface area (Å²) in [5.74, 6) is -1.41. The van der Waals surface area contributed by atoms with Crippen LogP contribution in [0.2, 0.25) is 0 Å². The number of nitrogens with zero attached hydrogens (tertiary/aromatic N) is 1. The Bertz CT molecular complexity index is 720. The van der Waals surface area contributed by atoms with E-state index >= 15 is 0 Å². The number of aromatic nitrogens is 1. The third-order valence-electron chi connectivity index (χ3n) is 3.02. The molecule has 1 aromatic heterocycles. The summed E-state index contributed by atoms with van der Waals surface area (Å²) in [5, 5.41) is 2.59. The van der Waals surface area contributed by atoms with Gasteiger partial charge in [-0.2, -0.15) is 0 Å². The minimum Gasteiger partial charge on any atom is -0.449 e. The van der Waals surface area contributed by atoms with Crippen LogP contribution in [0.4, 0.5) is 4.79 Å². The summed E-state index contributed by atoms with van der Waals surface area (Å²) >= 11 is 0. The normalized spacial score (nSPS) is 11.9. The first-order valence-electron chi connectivity index (χ1n) is 6.25. The number of hydrogen-bond donors (Lipinski definition) is 2. The molecule has 110 valence electrons. The molecule has 2 rings (SSSR count). The monoisotopic (exact) mass is 289 g/mol. The lowest BCUT2D eigenvalue weighted by Crippen LogP contribution is -2.42. The highest BCUT2D eigenvalue weighted by Gasteiger charge is 2.22. The highest BCUT2D eigenvalue weighted by atomic mass is 16.5. The minimum atomic E-state index is -1.12. The predicted octanol–water partition coefficient (Wildman–Crippen LogP) is 0.919. The second kappa shape index (κ2) is 5.66. The van der Waals surface area contributed by atoms with Crippen molar-refractivity contribution in [2.75, 3.05) is 0 Å². The average Bonchev–Trinajstić information content (AvgIpc) is 2.76. The summed E-state index contributed by atoms with van der Waals surface area (Å²) in [6, 6.07) is 6.34. The van der Waals surface area contributed by atoms with Crippen LogP contribution >= 0.6 is 0 Å². The van der Waals surface area contributed by atoms with Crippen molar-refractivity contribution in [3.8, 4) is 0 Å². The molecule has 0 fully saturated rings. The SMILES string of the molecule is C[C@H](OC(=O)c1cn(C)c2ccccc12)C(=O)NC(N)=O. The van der Waals surface area contributed by atoms with E-state index in [9.17, 15) is 14.4 Å². The molecular formula is C14H15N3O4. The van der Waals surface area contributed by atoms with E-state index in [0.29, 0.717) is 5.56 Å². The molecule has 2 aromatic rings. The zero-order chi connectivity index (χ0) is 15.6. The molecule has 21 heavy (non-hydrogen) atoms. The molecule has 1 aromatic carbocycles. The van der Waals surface area contributed by atoms with Crippen molar-refractivity contribution >= 4 is 28.8 Å². The summed E-state index contributed by atoms with van der Waals surface area (Å²) in [6.07, 6.45) is 0.509. The highest BCUT2D eigenvalue weighted by molar-refractivity contribution is 6.05. The van der Waals surface area contributed by atoms with Crippen LogP contribution in [0.1, 0.15) is 17.3 Å². The molecule has 0 saturated carbocycles. The molecule has 3 N–H and O–H groups in total. The van der Waals surface area contributed by atoms with Crippen LogP contribution in [0, 0.1) is 0 Å². The molecule has 1 atom stereocenters. The number of hydrogen-bond acceptors (Lipinski definition) is 4. The average molecular weight is 289 g/mol. The second-order valence-corrected chi connectivity index (χ2v) is 4.57. The number of primary amides is 1. The third-order valence-corrected chi connectivity index (χ3v) is 3.02. The molecule has 3 amide bonds. The first-order valence-corrected chi connectivity index (χ1v) is 6.25. The van der Waals surface area contributed by atoms with Crippen molar-refractivity contribution in [3.05, 3.63) is 36.0 Å². The number of nitrogens with two attached hydrogens (primary N) is 1. The number of rotatable bonds is 3. The fraction of sp³-hybridized carbons (Fsp3) is 0.214. The third kappa shape index (κ3) is 3.02. The summed E-state index contributed by atoms with van der Waals surface area (Å²) in [7, 11) is 1.81. The van der Waals surface area contributed by atoms with E-state index in [1.165, 1.54) is 6.92 Å². The molecule has 0 unspecified atom stereocenters. The van der Waals surface area contributed by atoms with Crippen molar-refractivity contribution < 1.29 is 19.1 Å². The molecule has 0 aliphatic carbocycles. The van der Waals surface area contributed by atoms with Gasteiger partial charge < -0.3 is 15.0 Å². The van der Waals surface area contributed by atoms with Gasteiger partial charge in [0.1, 0.15) is 0 Å². The first kappa shape index (κ1) is 14.6. The number of esters is 1. The van der Waals surface area contributed by atoms with Gasteiger partial charge in [-0.1, -0.05) is 18.2 Å². The van der Waals surface area contributed by atoms with Crippen molar-refractivity contribution in [2.45, 2.75) is 13.0 Å². The fourth-order valence-electron chi connectivity index (χ4n) is 2.00. The van der Waals surface area contributed by atoms with Crippen LogP contribution in [-0.4, -0.2) is 28.6 Å². The number of fused-ring (bicyclic) bond motifs is 1. The largest absolute Gasteiger partial charge is 0.449 e. The van der Waals surface area contributed by atoms with E-state index in [-0.39, 0.29) is 0 Å². The number of ether oxygens (including phenoxy) is 1. The molecule has 0 radical (unpaired) electrons. The van der Waals surface area contributed by atoms with Crippen LogP contribution in [-0.2, 0) is 16.6 Å². The summed E-state index contributed by atoms with van der Waals surface area (Å²) in [5.41, 5.74) is 6.06. The number of carbonyl (C=O) groups is 3. The van der Waals surface area contributed by atoms with E-state index in [0.717, 1.165) is 10.9 Å². The Morgan fingerprint density at radius 2 is 1.95 bits per heavy atom. The van der Waals surface area contributed by atoms with Gasteiger partial charge in [0.05, 0.1) is 5.56 Å². The number of urea groups is 1. The molecule has 1 heterocycles. The standard InChI is InChI=1S/C14H15N3O4/c1-8(12(18)16-14(15)20)21-13(19)10-7-17(2)11-6-4-3-5-9(10)11/h3-8H,1-2H3,(H3,15,16,18,20)/t8-/m0/s1. The second-order valence-electron chi connectivity index (χ2n) is 4.57. The molecule has 7 heteroatoms. The molecule has 0 spiro atoms. The topological polar surface area (TPSA) is 103 Å². The number of imide groups is 1. The highest BCUT2D eigenvalue weighted by Crippen LogP contribution is 2.21. The fourth-order valence-corrected chi connectivity index (χ4v) is 2.00. The molecular weight excluding hydrogens is 274 g/mol. The molecule has 7 nitrogen and oxygen atoms in total. The van der Waals surface area contributed by atoms with Gasteiger partial charge in [0.2, 0.25) is 0 Å². The molecule has 0 aliphatic rings. The lowest BCUT2D eigenvalue weighted by molar-refractivity contribution is -0.127. The van der Waals surface area contributed by atoms with Gasteiger partial charge >= 0.3 is 12.0 Å². The zero-order valence-electron chi connectivity index (χ0n) is 11.6. The number of para-hydroxylation sites is 1. The quantitative estimate of drug-likeness (QED) is 0.820. The Morgan fingerprint density at radius 1 is 1.29 bits per heavy atom. The van der Waals surface area contributed by atoms with E-state index < -0.39 is 24.0 Å². The minimum absolute atomic E-state index is 0.354. The van der Waals surface area contributed by atoms with Crippen LogP contribution in [0.5, 0.6) is 0 Å². The van der Waals surface area contributed by atoms with Crippen LogP contribution in [0.15, 0.2) is 30.5 Å². The number of aryl methyl sites for hydroxylation is 1. The first-order chi connectivity index (χ1) is 9.90. The van der Waals surface area contributed by atoms with Crippen molar-refractivity contribution in [1.29, 1.82) is 0 Å². The number of amides is 3. The smallest absolute Gasteiger partial charge is 0.341 e. The zero-order valence-corrected chi connectivity index (χ0v) is 11.6. The lowest BCUT2D eigenvalue weighted by atomic mass is 10.2. The molecule has 0 saturated heterocycles. The molecule has 0 bridgehead atoms. The Morgan fingerprint density at radius 3 is 2.62 bits per heavy atom. The van der Waals surface area contributed by atoms with Crippen LogP contribution in [0.25, 0.3) is 10.9 Å². The Labute approximate surface area is 120 Å². The molecule has 0 aliphatic heterocycles. The number of carbonyl (C=O) groups excluding carboxylic acids is 3. The van der Waals surface area contributed by atoms with Gasteiger partial charge in [-0.05, 0) is 13.0 Å².